The van der Waals surface area contributed by atoms with Crippen LogP contribution in [-0.2, 0) is 0 Å². The van der Waals surface area contributed by atoms with Gasteiger partial charge in [0.15, 0.2) is 11.6 Å². The van der Waals surface area contributed by atoms with Crippen LogP contribution in [0.4, 0.5) is 38.9 Å². The van der Waals surface area contributed by atoms with E-state index in [2.05, 4.69) is 33.9 Å². The van der Waals surface area contributed by atoms with Gasteiger partial charge < -0.3 is 25.2 Å². The zero-order valence-electron chi connectivity index (χ0n) is 21.2. The summed E-state index contributed by atoms with van der Waals surface area (Å²) in [6, 6.07) is 10.6. The van der Waals surface area contributed by atoms with Crippen LogP contribution < -0.4 is 25.6 Å². The Morgan fingerprint density at radius 1 is 1.11 bits per heavy atom. The number of ether oxygens (including phenoxy) is 1. The maximum atomic E-state index is 14.6. The number of nitrogens with zero attached hydrogens (tertiary/aromatic N) is 5. The van der Waals surface area contributed by atoms with Crippen LogP contribution >= 0.6 is 7.92 Å². The average Bonchev–Trinajstić information content (AvgIpc) is 2.84. The minimum atomic E-state index is -0.623. The first-order chi connectivity index (χ1) is 17.1. The number of aromatic nitrogens is 2. The Morgan fingerprint density at radius 3 is 2.47 bits per heavy atom. The molecule has 0 radical (unpaired) electrons. The van der Waals surface area contributed by atoms with Crippen LogP contribution in [0.5, 0.6) is 5.75 Å². The molecule has 1 aromatic heterocycles. The maximum absolute atomic E-state index is 14.6. The van der Waals surface area contributed by atoms with Crippen molar-refractivity contribution >= 4 is 47.7 Å². The lowest BCUT2D eigenvalue weighted by Crippen LogP contribution is -2.29. The number of methoxy groups -OCH3 is 1. The third-order valence-corrected chi connectivity index (χ3v) is 6.77. The summed E-state index contributed by atoms with van der Waals surface area (Å²) in [5.74, 6) is -0.205. The molecule has 36 heavy (non-hydrogen) atoms. The highest BCUT2D eigenvalue weighted by Gasteiger charge is 2.23. The summed E-state index contributed by atoms with van der Waals surface area (Å²) in [4.78, 5) is 23.5. The second kappa shape index (κ2) is 11.9. The van der Waals surface area contributed by atoms with Crippen molar-refractivity contribution in [1.29, 1.82) is 0 Å². The smallest absolute Gasteiger partial charge is 0.294 e. The Bertz CT molecular complexity index is 1230. The molecule has 3 rings (SSSR count). The number of hydrogen-bond donors (Lipinski definition) is 2. The summed E-state index contributed by atoms with van der Waals surface area (Å²) in [6.07, 6.45) is 1.05. The van der Waals surface area contributed by atoms with Crippen molar-refractivity contribution in [3.05, 3.63) is 58.5 Å². The Balaban J connectivity index is 1.94. The average molecular weight is 516 g/mol. The van der Waals surface area contributed by atoms with Crippen LogP contribution in [0.2, 0.25) is 0 Å². The van der Waals surface area contributed by atoms with E-state index in [4.69, 9.17) is 4.74 Å². The van der Waals surface area contributed by atoms with Crippen molar-refractivity contribution in [2.45, 2.75) is 0 Å². The fraction of sp³-hybridized carbons (Fsp3) is 0.333. The van der Waals surface area contributed by atoms with Gasteiger partial charge in [-0.25, -0.2) is 9.37 Å². The molecule has 2 aromatic carbocycles. The van der Waals surface area contributed by atoms with Gasteiger partial charge in [-0.1, -0.05) is 26.1 Å². The number of rotatable bonds is 11. The SMILES string of the molecule is COc1cc(N(C)CCN(C)C)c([N+](=O)[O-])cc1Nc1ncc(F)c(Nc2ccccc2P(C)C)n1. The van der Waals surface area contributed by atoms with E-state index in [9.17, 15) is 14.5 Å². The fourth-order valence-corrected chi connectivity index (χ4v) is 4.48. The lowest BCUT2D eigenvalue weighted by molar-refractivity contribution is -0.384. The third-order valence-electron chi connectivity index (χ3n) is 5.42. The van der Waals surface area contributed by atoms with Gasteiger partial charge >= 0.3 is 0 Å². The molecule has 1 heterocycles. The van der Waals surface area contributed by atoms with Gasteiger partial charge in [-0.15, -0.1) is 0 Å². The van der Waals surface area contributed by atoms with E-state index in [1.54, 1.807) is 18.0 Å². The molecular weight excluding hydrogens is 484 g/mol. The molecule has 192 valence electrons. The van der Waals surface area contributed by atoms with Crippen molar-refractivity contribution in [3.8, 4) is 5.75 Å². The first-order valence-electron chi connectivity index (χ1n) is 11.2. The van der Waals surface area contributed by atoms with E-state index < -0.39 is 18.7 Å². The number of anilines is 5. The Labute approximate surface area is 211 Å². The Morgan fingerprint density at radius 2 is 1.83 bits per heavy atom. The highest BCUT2D eigenvalue weighted by Crippen LogP contribution is 2.39. The summed E-state index contributed by atoms with van der Waals surface area (Å²) < 4.78 is 20.1. The number of para-hydroxylation sites is 1. The zero-order chi connectivity index (χ0) is 26.4. The molecular formula is C24H31FN7O3P. The standard InChI is InChI=1S/C24H31FN7O3P/c1-30(2)11-12-31(3)19-14-21(35-4)18(13-20(19)32(33)34)28-24-26-15-16(25)23(29-24)27-17-9-7-8-10-22(17)36(5)6/h7-10,13-15H,11-12H2,1-6H3,(H2,26,27,28,29). The molecule has 0 aliphatic heterocycles. The van der Waals surface area contributed by atoms with Crippen LogP contribution in [0.1, 0.15) is 0 Å². The molecule has 0 saturated carbocycles. The van der Waals surface area contributed by atoms with E-state index >= 15 is 0 Å². The van der Waals surface area contributed by atoms with Gasteiger partial charge in [0.1, 0.15) is 11.4 Å². The van der Waals surface area contributed by atoms with Gasteiger partial charge in [0.25, 0.3) is 5.69 Å². The van der Waals surface area contributed by atoms with Crippen molar-refractivity contribution < 1.29 is 14.1 Å². The van der Waals surface area contributed by atoms with E-state index in [0.29, 0.717) is 18.0 Å². The van der Waals surface area contributed by atoms with Gasteiger partial charge in [0.05, 0.1) is 23.9 Å². The number of nitro benzene ring substituents is 1. The van der Waals surface area contributed by atoms with Gasteiger partial charge in [-0.05, 0) is 38.8 Å². The normalized spacial score (nSPS) is 11.0. The predicted molar refractivity (Wildman–Crippen MR) is 145 cm³/mol. The highest BCUT2D eigenvalue weighted by molar-refractivity contribution is 7.64. The monoisotopic (exact) mass is 515 g/mol. The summed E-state index contributed by atoms with van der Waals surface area (Å²) in [5, 5.41) is 18.9. The summed E-state index contributed by atoms with van der Waals surface area (Å²) in [6.45, 7) is 5.52. The predicted octanol–water partition coefficient (Wildman–Crippen LogP) is 4.38. The molecule has 0 amide bonds. The first kappa shape index (κ1) is 27.0. The van der Waals surface area contributed by atoms with Crippen LogP contribution in [0.15, 0.2) is 42.6 Å². The number of likely N-dealkylation sites (N-methyl/N-ethyl adjacent to an activating group) is 2. The fourth-order valence-electron chi connectivity index (χ4n) is 3.48. The zero-order valence-corrected chi connectivity index (χ0v) is 22.1. The quantitative estimate of drug-likeness (QED) is 0.218. The molecule has 10 nitrogen and oxygen atoms in total. The van der Waals surface area contributed by atoms with E-state index in [-0.39, 0.29) is 23.1 Å². The Hall–Kier alpha value is -3.56. The molecule has 0 aliphatic rings. The first-order valence-corrected chi connectivity index (χ1v) is 13.4. The lowest BCUT2D eigenvalue weighted by atomic mass is 10.2. The second-order valence-corrected chi connectivity index (χ2v) is 10.8. The minimum absolute atomic E-state index is 0.00898. The van der Waals surface area contributed by atoms with E-state index in [1.807, 2.05) is 43.3 Å². The number of benzene rings is 2. The molecule has 12 heteroatoms. The number of halogens is 1. The van der Waals surface area contributed by atoms with Gasteiger partial charge in [-0.3, -0.25) is 10.1 Å². The molecule has 0 fully saturated rings. The lowest BCUT2D eigenvalue weighted by Gasteiger charge is -2.22. The van der Waals surface area contributed by atoms with Crippen LogP contribution in [0.3, 0.4) is 0 Å². The van der Waals surface area contributed by atoms with E-state index in [1.165, 1.54) is 13.2 Å². The van der Waals surface area contributed by atoms with Crippen molar-refractivity contribution in [2.24, 2.45) is 0 Å². The molecule has 0 unspecified atom stereocenters. The number of hydrogen-bond acceptors (Lipinski definition) is 9. The molecule has 0 saturated heterocycles. The second-order valence-electron chi connectivity index (χ2n) is 8.57. The third kappa shape index (κ3) is 6.56. The molecule has 0 bridgehead atoms. The molecule has 2 N–H and O–H groups in total. The summed E-state index contributed by atoms with van der Waals surface area (Å²) in [7, 11) is 6.70. The minimum Gasteiger partial charge on any atom is -0.494 e. The van der Waals surface area contributed by atoms with Crippen molar-refractivity contribution in [1.82, 2.24) is 14.9 Å². The van der Waals surface area contributed by atoms with Crippen molar-refractivity contribution in [3.63, 3.8) is 0 Å². The van der Waals surface area contributed by atoms with Gasteiger partial charge in [-0.2, -0.15) is 4.98 Å². The van der Waals surface area contributed by atoms with Crippen LogP contribution in [0, 0.1) is 15.9 Å². The molecule has 0 atom stereocenters. The topological polar surface area (TPSA) is 109 Å². The largest absolute Gasteiger partial charge is 0.494 e. The number of nitro groups is 1. The summed E-state index contributed by atoms with van der Waals surface area (Å²) >= 11 is 0. The number of nitrogens with one attached hydrogen (secondary N) is 2. The van der Waals surface area contributed by atoms with Crippen molar-refractivity contribution in [2.75, 3.05) is 70.2 Å². The molecule has 0 spiro atoms. The van der Waals surface area contributed by atoms with Crippen LogP contribution in [0.25, 0.3) is 0 Å². The highest BCUT2D eigenvalue weighted by atomic mass is 31.1. The van der Waals surface area contributed by atoms with E-state index in [0.717, 1.165) is 23.7 Å². The Kier molecular flexibility index (Phi) is 8.95. The molecule has 0 aliphatic carbocycles. The van der Waals surface area contributed by atoms with Gasteiger partial charge in [0.2, 0.25) is 5.95 Å². The maximum Gasteiger partial charge on any atom is 0.294 e. The molecule has 3 aromatic rings. The summed E-state index contributed by atoms with van der Waals surface area (Å²) in [5.41, 5.74) is 1.36. The van der Waals surface area contributed by atoms with Gasteiger partial charge in [0, 0.05) is 38.0 Å². The van der Waals surface area contributed by atoms with Crippen LogP contribution in [-0.4, -0.2) is 74.5 Å².